The van der Waals surface area contributed by atoms with Gasteiger partial charge in [-0.25, -0.2) is 4.98 Å². The fourth-order valence-electron chi connectivity index (χ4n) is 3.66. The highest BCUT2D eigenvalue weighted by Gasteiger charge is 2.32. The van der Waals surface area contributed by atoms with Crippen molar-refractivity contribution >= 4 is 17.5 Å². The summed E-state index contributed by atoms with van der Waals surface area (Å²) in [4.78, 5) is 11.9. The molecule has 0 unspecified atom stereocenters. The van der Waals surface area contributed by atoms with Crippen molar-refractivity contribution in [1.29, 1.82) is 0 Å². The normalized spacial score (nSPS) is 11.2. The number of rotatable bonds is 6. The highest BCUT2D eigenvalue weighted by molar-refractivity contribution is 5.71. The fourth-order valence-corrected chi connectivity index (χ4v) is 3.66. The van der Waals surface area contributed by atoms with Crippen LogP contribution in [0.15, 0.2) is 103 Å². The zero-order valence-electron chi connectivity index (χ0n) is 19.3. The number of pyridine rings is 1. The molecule has 3 aromatic carbocycles. The van der Waals surface area contributed by atoms with Crippen LogP contribution in [0.4, 0.5) is 30.6 Å². The maximum atomic E-state index is 12.9. The van der Waals surface area contributed by atoms with E-state index in [-0.39, 0.29) is 11.7 Å². The average Bonchev–Trinajstić information content (AvgIpc) is 2.90. The third-order valence-electron chi connectivity index (χ3n) is 5.42. The fraction of sp³-hybridized carbons (Fsp3) is 0.0357. The number of ether oxygens (including phenoxy) is 1. The van der Waals surface area contributed by atoms with Crippen LogP contribution >= 0.6 is 0 Å². The Labute approximate surface area is 210 Å². The van der Waals surface area contributed by atoms with Crippen molar-refractivity contribution < 1.29 is 17.9 Å². The van der Waals surface area contributed by atoms with Crippen molar-refractivity contribution in [3.8, 4) is 33.9 Å². The molecule has 0 atom stereocenters. The molecule has 0 bridgehead atoms. The quantitative estimate of drug-likeness (QED) is 0.254. The number of hydrogen-bond donors (Lipinski definition) is 2. The number of anilines is 3. The highest BCUT2D eigenvalue weighted by atomic mass is 19.4. The van der Waals surface area contributed by atoms with Crippen molar-refractivity contribution in [2.45, 2.75) is 6.18 Å². The maximum absolute atomic E-state index is 12.9. The largest absolute Gasteiger partial charge is 0.457 e. The molecule has 0 aliphatic heterocycles. The molecule has 0 radical (unpaired) electrons. The lowest BCUT2D eigenvalue weighted by molar-refractivity contribution is -0.141. The molecule has 0 amide bonds. The zero-order valence-corrected chi connectivity index (χ0v) is 19.3. The molecule has 0 fully saturated rings. The predicted octanol–water partition coefficient (Wildman–Crippen LogP) is 7.34. The van der Waals surface area contributed by atoms with Crippen molar-refractivity contribution in [3.63, 3.8) is 0 Å². The van der Waals surface area contributed by atoms with Gasteiger partial charge in [-0.15, -0.1) is 0 Å². The van der Waals surface area contributed by atoms with Crippen LogP contribution in [0.1, 0.15) is 5.69 Å². The van der Waals surface area contributed by atoms with Crippen LogP contribution in [0.25, 0.3) is 22.4 Å². The van der Waals surface area contributed by atoms with Gasteiger partial charge in [0.1, 0.15) is 23.0 Å². The summed E-state index contributed by atoms with van der Waals surface area (Å²) < 4.78 is 44.2. The standard InChI is InChI=1S/C28H20F3N5O/c29-28(30,31)25-16-23(14-15-33-25)37-22-12-10-21(11-13-22)34-26-17-24(35-27(32)36-26)20-8-6-19(7-9-20)18-4-2-1-3-5-18/h1-17H,(H3,32,34,35,36). The van der Waals surface area contributed by atoms with Crippen molar-refractivity contribution in [2.24, 2.45) is 0 Å². The first kappa shape index (κ1) is 23.8. The number of nitrogens with two attached hydrogens (primary N) is 1. The molecule has 3 N–H and O–H groups in total. The number of halogens is 3. The summed E-state index contributed by atoms with van der Waals surface area (Å²) in [6, 6.07) is 28.7. The van der Waals surface area contributed by atoms with Gasteiger partial charge in [0, 0.05) is 29.6 Å². The Kier molecular flexibility index (Phi) is 6.42. The second-order valence-corrected chi connectivity index (χ2v) is 8.07. The van der Waals surface area contributed by atoms with E-state index in [2.05, 4.69) is 20.3 Å². The second-order valence-electron chi connectivity index (χ2n) is 8.07. The first-order valence-electron chi connectivity index (χ1n) is 11.2. The van der Waals surface area contributed by atoms with E-state index in [1.807, 2.05) is 54.6 Å². The first-order chi connectivity index (χ1) is 17.8. The van der Waals surface area contributed by atoms with Gasteiger partial charge in [0.05, 0.1) is 5.69 Å². The number of nitrogen functional groups attached to an aromatic ring is 1. The van der Waals surface area contributed by atoms with E-state index in [0.29, 0.717) is 22.9 Å². The van der Waals surface area contributed by atoms with Gasteiger partial charge >= 0.3 is 6.18 Å². The molecule has 0 saturated carbocycles. The van der Waals surface area contributed by atoms with Crippen molar-refractivity contribution in [2.75, 3.05) is 11.1 Å². The van der Waals surface area contributed by atoms with Gasteiger partial charge in [0.25, 0.3) is 0 Å². The summed E-state index contributed by atoms with van der Waals surface area (Å²) in [5, 5.41) is 3.17. The summed E-state index contributed by atoms with van der Waals surface area (Å²) in [5.74, 6) is 1.01. The zero-order chi connectivity index (χ0) is 25.8. The monoisotopic (exact) mass is 499 g/mol. The van der Waals surface area contributed by atoms with Crippen molar-refractivity contribution in [3.05, 3.63) is 109 Å². The Morgan fingerprint density at radius 1 is 0.703 bits per heavy atom. The lowest BCUT2D eigenvalue weighted by Crippen LogP contribution is -2.07. The van der Waals surface area contributed by atoms with Crippen LogP contribution in [0.3, 0.4) is 0 Å². The highest BCUT2D eigenvalue weighted by Crippen LogP contribution is 2.32. The molecule has 0 spiro atoms. The van der Waals surface area contributed by atoms with Crippen molar-refractivity contribution in [1.82, 2.24) is 15.0 Å². The van der Waals surface area contributed by atoms with Gasteiger partial charge in [-0.2, -0.15) is 18.2 Å². The molecule has 5 rings (SSSR count). The van der Waals surface area contributed by atoms with Gasteiger partial charge in [0.2, 0.25) is 5.95 Å². The van der Waals surface area contributed by atoms with E-state index in [1.54, 1.807) is 30.3 Å². The number of alkyl halides is 3. The SMILES string of the molecule is Nc1nc(Nc2ccc(Oc3ccnc(C(F)(F)F)c3)cc2)cc(-c2ccc(-c3ccccc3)cc2)n1. The van der Waals surface area contributed by atoms with Gasteiger partial charge in [0.15, 0.2) is 0 Å². The van der Waals surface area contributed by atoms with E-state index in [4.69, 9.17) is 10.5 Å². The molecule has 184 valence electrons. The predicted molar refractivity (Wildman–Crippen MR) is 136 cm³/mol. The minimum absolute atomic E-state index is 0.0366. The van der Waals surface area contributed by atoms with Crippen LogP contribution in [-0.2, 0) is 6.18 Å². The van der Waals surface area contributed by atoms with E-state index in [0.717, 1.165) is 29.0 Å². The molecule has 0 aliphatic carbocycles. The smallest absolute Gasteiger partial charge is 0.433 e. The minimum Gasteiger partial charge on any atom is -0.457 e. The molecule has 9 heteroatoms. The summed E-state index contributed by atoms with van der Waals surface area (Å²) >= 11 is 0. The van der Waals surface area contributed by atoms with Crippen LogP contribution in [0, 0.1) is 0 Å². The first-order valence-corrected chi connectivity index (χ1v) is 11.2. The lowest BCUT2D eigenvalue weighted by atomic mass is 10.0. The number of hydrogen-bond acceptors (Lipinski definition) is 6. The number of benzene rings is 3. The molecule has 37 heavy (non-hydrogen) atoms. The summed E-state index contributed by atoms with van der Waals surface area (Å²) in [6.45, 7) is 0. The second kappa shape index (κ2) is 9.98. The molecular formula is C28H20F3N5O. The van der Waals surface area contributed by atoms with Gasteiger partial charge in [-0.3, -0.25) is 4.98 Å². The molecule has 5 aromatic rings. The molecule has 2 heterocycles. The van der Waals surface area contributed by atoms with Crippen LogP contribution in [0.2, 0.25) is 0 Å². The summed E-state index contributed by atoms with van der Waals surface area (Å²) in [6.07, 6.45) is -3.49. The van der Waals surface area contributed by atoms with Gasteiger partial charge in [-0.05, 0) is 41.5 Å². The molecule has 0 aliphatic rings. The van der Waals surface area contributed by atoms with Gasteiger partial charge < -0.3 is 15.8 Å². The number of nitrogens with zero attached hydrogens (tertiary/aromatic N) is 3. The van der Waals surface area contributed by atoms with Crippen LogP contribution < -0.4 is 15.8 Å². The Morgan fingerprint density at radius 2 is 1.38 bits per heavy atom. The molecule has 6 nitrogen and oxygen atoms in total. The molecular weight excluding hydrogens is 479 g/mol. The number of nitrogens with one attached hydrogen (secondary N) is 1. The van der Waals surface area contributed by atoms with E-state index < -0.39 is 11.9 Å². The Morgan fingerprint density at radius 3 is 2.08 bits per heavy atom. The lowest BCUT2D eigenvalue weighted by Gasteiger charge is -2.11. The molecule has 0 saturated heterocycles. The Bertz CT molecular complexity index is 1510. The summed E-state index contributed by atoms with van der Waals surface area (Å²) in [5.41, 5.74) is 9.38. The molecule has 2 aromatic heterocycles. The maximum Gasteiger partial charge on any atom is 0.433 e. The van der Waals surface area contributed by atoms with E-state index in [1.165, 1.54) is 6.07 Å². The van der Waals surface area contributed by atoms with Crippen LogP contribution in [0.5, 0.6) is 11.5 Å². The Balaban J connectivity index is 1.30. The van der Waals surface area contributed by atoms with Crippen LogP contribution in [-0.4, -0.2) is 15.0 Å². The topological polar surface area (TPSA) is 86.0 Å². The Hall–Kier alpha value is -4.92. The summed E-state index contributed by atoms with van der Waals surface area (Å²) in [7, 11) is 0. The van der Waals surface area contributed by atoms with E-state index >= 15 is 0 Å². The third kappa shape index (κ3) is 5.84. The van der Waals surface area contributed by atoms with E-state index in [9.17, 15) is 13.2 Å². The number of aromatic nitrogens is 3. The average molecular weight is 499 g/mol. The third-order valence-corrected chi connectivity index (χ3v) is 5.42. The van der Waals surface area contributed by atoms with Gasteiger partial charge in [-0.1, -0.05) is 54.6 Å². The minimum atomic E-state index is -4.55.